The Morgan fingerprint density at radius 2 is 2.17 bits per heavy atom. The van der Waals surface area contributed by atoms with E-state index < -0.39 is 0 Å². The van der Waals surface area contributed by atoms with Crippen LogP contribution < -0.4 is 4.90 Å². The number of likely N-dealkylation sites (tertiary alicyclic amines) is 1. The van der Waals surface area contributed by atoms with Gasteiger partial charge in [-0.25, -0.2) is 0 Å². The molecule has 1 saturated heterocycles. The normalized spacial score (nSPS) is 19.2. The molecule has 0 radical (unpaired) electrons. The number of pyridine rings is 1. The van der Waals surface area contributed by atoms with Crippen LogP contribution in [0.1, 0.15) is 18.4 Å². The Hall–Kier alpha value is -2.87. The van der Waals surface area contributed by atoms with Gasteiger partial charge in [-0.15, -0.1) is 0 Å². The van der Waals surface area contributed by atoms with Gasteiger partial charge in [-0.1, -0.05) is 18.2 Å². The molecule has 120 valence electrons. The SMILES string of the molecule is N#CN1CCCC1C(=O)N1CCc2c(-c3cccnc3)cccc21. The first-order chi connectivity index (χ1) is 11.8. The third-order valence-electron chi connectivity index (χ3n) is 4.93. The number of nitriles is 1. The fraction of sp³-hybridized carbons (Fsp3) is 0.316. The Morgan fingerprint density at radius 3 is 2.96 bits per heavy atom. The topological polar surface area (TPSA) is 60.2 Å². The molecule has 4 rings (SSSR count). The number of nitrogens with zero attached hydrogens (tertiary/aromatic N) is 4. The second-order valence-corrected chi connectivity index (χ2v) is 6.24. The van der Waals surface area contributed by atoms with Gasteiger partial charge < -0.3 is 4.90 Å². The van der Waals surface area contributed by atoms with Gasteiger partial charge in [0.15, 0.2) is 6.19 Å². The fourth-order valence-corrected chi connectivity index (χ4v) is 3.78. The van der Waals surface area contributed by atoms with E-state index in [1.807, 2.05) is 35.4 Å². The maximum absolute atomic E-state index is 12.9. The molecule has 2 aromatic rings. The number of carbonyl (C=O) groups is 1. The summed E-state index contributed by atoms with van der Waals surface area (Å²) in [7, 11) is 0. The maximum Gasteiger partial charge on any atom is 0.250 e. The quantitative estimate of drug-likeness (QED) is 0.799. The number of hydrogen-bond donors (Lipinski definition) is 0. The van der Waals surface area contributed by atoms with E-state index in [0.717, 1.165) is 36.1 Å². The highest BCUT2D eigenvalue weighted by Crippen LogP contribution is 2.37. The summed E-state index contributed by atoms with van der Waals surface area (Å²) in [6.45, 7) is 1.37. The average molecular weight is 318 g/mol. The standard InChI is InChI=1S/C19H18N4O/c20-13-22-10-3-7-18(22)19(24)23-11-8-16-15(5-1-6-17(16)23)14-4-2-9-21-12-14/h1-2,4-6,9,12,18H,3,7-8,10-11H2. The molecule has 0 aliphatic carbocycles. The van der Waals surface area contributed by atoms with Crippen molar-refractivity contribution in [3.8, 4) is 17.3 Å². The minimum atomic E-state index is -0.303. The molecule has 3 heterocycles. The molecule has 1 aromatic heterocycles. The lowest BCUT2D eigenvalue weighted by Gasteiger charge is -2.25. The van der Waals surface area contributed by atoms with Crippen LogP contribution in [0.15, 0.2) is 42.7 Å². The fourth-order valence-electron chi connectivity index (χ4n) is 3.78. The van der Waals surface area contributed by atoms with Gasteiger partial charge >= 0.3 is 0 Å². The van der Waals surface area contributed by atoms with Crippen molar-refractivity contribution >= 4 is 11.6 Å². The van der Waals surface area contributed by atoms with Gasteiger partial charge in [0.25, 0.3) is 0 Å². The predicted octanol–water partition coefficient (Wildman–Crippen LogP) is 2.58. The summed E-state index contributed by atoms with van der Waals surface area (Å²) in [6, 6.07) is 9.75. The van der Waals surface area contributed by atoms with Crippen molar-refractivity contribution in [2.24, 2.45) is 0 Å². The van der Waals surface area contributed by atoms with Crippen LogP contribution in [0.5, 0.6) is 0 Å². The van der Waals surface area contributed by atoms with Crippen molar-refractivity contribution in [1.29, 1.82) is 5.26 Å². The van der Waals surface area contributed by atoms with Crippen molar-refractivity contribution in [3.63, 3.8) is 0 Å². The van der Waals surface area contributed by atoms with Gasteiger partial charge in [-0.05, 0) is 42.5 Å². The van der Waals surface area contributed by atoms with Crippen LogP contribution in [0.4, 0.5) is 5.69 Å². The molecule has 5 nitrogen and oxygen atoms in total. The summed E-state index contributed by atoms with van der Waals surface area (Å²) in [5.41, 5.74) is 4.38. The molecule has 1 amide bonds. The van der Waals surface area contributed by atoms with E-state index in [9.17, 15) is 10.1 Å². The van der Waals surface area contributed by atoms with Crippen LogP contribution in [-0.4, -0.2) is 34.9 Å². The van der Waals surface area contributed by atoms with E-state index in [-0.39, 0.29) is 11.9 Å². The van der Waals surface area contributed by atoms with E-state index in [2.05, 4.69) is 17.2 Å². The third-order valence-corrected chi connectivity index (χ3v) is 4.93. The van der Waals surface area contributed by atoms with Crippen LogP contribution in [-0.2, 0) is 11.2 Å². The maximum atomic E-state index is 12.9. The molecular weight excluding hydrogens is 300 g/mol. The Bertz CT molecular complexity index is 812. The number of fused-ring (bicyclic) bond motifs is 1. The van der Waals surface area contributed by atoms with Crippen LogP contribution in [0, 0.1) is 11.5 Å². The average Bonchev–Trinajstić information content (AvgIpc) is 3.28. The number of rotatable bonds is 2. The number of benzene rings is 1. The first kappa shape index (κ1) is 14.7. The van der Waals surface area contributed by atoms with Crippen LogP contribution in [0.3, 0.4) is 0 Å². The van der Waals surface area contributed by atoms with Gasteiger partial charge in [-0.2, -0.15) is 5.26 Å². The summed E-state index contributed by atoms with van der Waals surface area (Å²) in [5, 5.41) is 9.21. The van der Waals surface area contributed by atoms with E-state index in [0.29, 0.717) is 13.1 Å². The minimum Gasteiger partial charge on any atom is -0.310 e. The molecule has 2 aliphatic rings. The van der Waals surface area contributed by atoms with Crippen molar-refractivity contribution in [3.05, 3.63) is 48.3 Å². The van der Waals surface area contributed by atoms with Crippen LogP contribution in [0.25, 0.3) is 11.1 Å². The Balaban J connectivity index is 1.68. The number of amides is 1. The third kappa shape index (κ3) is 2.31. The zero-order valence-corrected chi connectivity index (χ0v) is 13.4. The molecular formula is C19H18N4O. The first-order valence-corrected chi connectivity index (χ1v) is 8.29. The van der Waals surface area contributed by atoms with Crippen molar-refractivity contribution < 1.29 is 4.79 Å². The summed E-state index contributed by atoms with van der Waals surface area (Å²) >= 11 is 0. The molecule has 0 spiro atoms. The molecule has 5 heteroatoms. The van der Waals surface area contributed by atoms with E-state index in [1.54, 1.807) is 11.1 Å². The largest absolute Gasteiger partial charge is 0.310 e. The van der Waals surface area contributed by atoms with Crippen LogP contribution >= 0.6 is 0 Å². The van der Waals surface area contributed by atoms with Crippen molar-refractivity contribution in [1.82, 2.24) is 9.88 Å². The molecule has 1 aromatic carbocycles. The molecule has 2 aliphatic heterocycles. The predicted molar refractivity (Wildman–Crippen MR) is 91.1 cm³/mol. The number of anilines is 1. The monoisotopic (exact) mass is 318 g/mol. The highest BCUT2D eigenvalue weighted by atomic mass is 16.2. The summed E-state index contributed by atoms with van der Waals surface area (Å²) in [4.78, 5) is 20.6. The summed E-state index contributed by atoms with van der Waals surface area (Å²) < 4.78 is 0. The molecule has 1 fully saturated rings. The lowest BCUT2D eigenvalue weighted by Crippen LogP contribution is -2.43. The minimum absolute atomic E-state index is 0.0520. The first-order valence-electron chi connectivity index (χ1n) is 8.29. The Morgan fingerprint density at radius 1 is 1.25 bits per heavy atom. The van der Waals surface area contributed by atoms with Crippen molar-refractivity contribution in [2.45, 2.75) is 25.3 Å². The molecule has 1 unspecified atom stereocenters. The summed E-state index contributed by atoms with van der Waals surface area (Å²) in [6.07, 6.45) is 8.28. The number of hydrogen-bond acceptors (Lipinski definition) is 4. The van der Waals surface area contributed by atoms with Gasteiger partial charge in [-0.3, -0.25) is 14.7 Å². The molecule has 1 atom stereocenters. The Kier molecular flexibility index (Phi) is 3.66. The second kappa shape index (κ2) is 5.97. The zero-order valence-electron chi connectivity index (χ0n) is 13.4. The molecule has 24 heavy (non-hydrogen) atoms. The van der Waals surface area contributed by atoms with E-state index in [1.165, 1.54) is 5.56 Å². The van der Waals surface area contributed by atoms with Crippen LogP contribution in [0.2, 0.25) is 0 Å². The van der Waals surface area contributed by atoms with E-state index >= 15 is 0 Å². The molecule has 0 bridgehead atoms. The zero-order chi connectivity index (χ0) is 16.5. The molecule has 0 N–H and O–H groups in total. The highest BCUT2D eigenvalue weighted by molar-refractivity contribution is 6.00. The lowest BCUT2D eigenvalue weighted by molar-refractivity contribution is -0.121. The number of carbonyl (C=O) groups excluding carboxylic acids is 1. The Labute approximate surface area is 141 Å². The summed E-state index contributed by atoms with van der Waals surface area (Å²) in [5.74, 6) is 0.0520. The van der Waals surface area contributed by atoms with Gasteiger partial charge in [0, 0.05) is 36.7 Å². The van der Waals surface area contributed by atoms with E-state index in [4.69, 9.17) is 0 Å². The lowest BCUT2D eigenvalue weighted by atomic mass is 9.99. The highest BCUT2D eigenvalue weighted by Gasteiger charge is 2.36. The van der Waals surface area contributed by atoms with Gasteiger partial charge in [0.2, 0.25) is 5.91 Å². The van der Waals surface area contributed by atoms with Crippen molar-refractivity contribution in [2.75, 3.05) is 18.0 Å². The number of aromatic nitrogens is 1. The molecule has 0 saturated carbocycles. The van der Waals surface area contributed by atoms with Gasteiger partial charge in [0.05, 0.1) is 0 Å². The second-order valence-electron chi connectivity index (χ2n) is 6.24. The smallest absolute Gasteiger partial charge is 0.250 e. The van der Waals surface area contributed by atoms with Gasteiger partial charge in [0.1, 0.15) is 6.04 Å².